The first-order chi connectivity index (χ1) is 12.4. The standard InChI is InChI=1S/C19H21N5O2/c1-9-6-7-13(25)10(2)16(9)24-17(20)14(18(21)26)15-19(24)22-8-12(23-15)11-4-3-5-11/h6-8,11,25H,3-5,20H2,1-2H3,(H2,21,26). The molecule has 1 aliphatic rings. The van der Waals surface area contributed by atoms with Gasteiger partial charge in [0.15, 0.2) is 5.65 Å². The maximum absolute atomic E-state index is 12.1. The molecule has 1 amide bonds. The number of nitrogen functional groups attached to an aromatic ring is 1. The Kier molecular flexibility index (Phi) is 3.61. The third-order valence-electron chi connectivity index (χ3n) is 5.32. The summed E-state index contributed by atoms with van der Waals surface area (Å²) in [6, 6.07) is 3.43. The number of amides is 1. The van der Waals surface area contributed by atoms with Gasteiger partial charge in [-0.2, -0.15) is 0 Å². The van der Waals surface area contributed by atoms with Crippen LogP contribution in [0.15, 0.2) is 18.3 Å². The number of aromatic hydroxyl groups is 1. The van der Waals surface area contributed by atoms with Crippen molar-refractivity contribution in [3.63, 3.8) is 0 Å². The molecule has 26 heavy (non-hydrogen) atoms. The largest absolute Gasteiger partial charge is 0.508 e. The van der Waals surface area contributed by atoms with E-state index >= 15 is 0 Å². The lowest BCUT2D eigenvalue weighted by Gasteiger charge is -2.24. The highest BCUT2D eigenvalue weighted by molar-refractivity contribution is 6.09. The Balaban J connectivity index is 2.06. The Bertz CT molecular complexity index is 1050. The third kappa shape index (κ3) is 2.23. The molecule has 4 rings (SSSR count). The molecular weight excluding hydrogens is 330 g/mol. The number of nitrogens with two attached hydrogens (primary N) is 2. The van der Waals surface area contributed by atoms with Crippen LogP contribution in [0.3, 0.4) is 0 Å². The minimum Gasteiger partial charge on any atom is -0.508 e. The van der Waals surface area contributed by atoms with Crippen LogP contribution < -0.4 is 11.5 Å². The smallest absolute Gasteiger partial charge is 0.254 e. The molecule has 2 aromatic heterocycles. The van der Waals surface area contributed by atoms with Gasteiger partial charge in [0.25, 0.3) is 5.91 Å². The molecule has 0 aliphatic heterocycles. The Labute approximate surface area is 150 Å². The highest BCUT2D eigenvalue weighted by atomic mass is 16.3. The first kappa shape index (κ1) is 16.4. The fourth-order valence-electron chi connectivity index (χ4n) is 3.61. The molecule has 0 saturated heterocycles. The summed E-state index contributed by atoms with van der Waals surface area (Å²) in [5.74, 6) is 0.0739. The van der Waals surface area contributed by atoms with E-state index in [9.17, 15) is 9.90 Å². The Morgan fingerprint density at radius 3 is 2.65 bits per heavy atom. The van der Waals surface area contributed by atoms with Crippen molar-refractivity contribution in [1.29, 1.82) is 0 Å². The molecule has 0 bridgehead atoms. The van der Waals surface area contributed by atoms with Crippen LogP contribution in [0.4, 0.5) is 5.82 Å². The molecule has 0 atom stereocenters. The summed E-state index contributed by atoms with van der Waals surface area (Å²) in [6.45, 7) is 3.70. The number of aromatic nitrogens is 3. The van der Waals surface area contributed by atoms with Gasteiger partial charge in [-0.3, -0.25) is 9.36 Å². The zero-order valence-corrected chi connectivity index (χ0v) is 14.8. The van der Waals surface area contributed by atoms with Gasteiger partial charge in [-0.1, -0.05) is 12.5 Å². The molecule has 134 valence electrons. The van der Waals surface area contributed by atoms with Crippen LogP contribution in [0.5, 0.6) is 5.75 Å². The van der Waals surface area contributed by atoms with Gasteiger partial charge in [-0.25, -0.2) is 9.97 Å². The molecule has 1 fully saturated rings. The normalized spacial score (nSPS) is 14.5. The van der Waals surface area contributed by atoms with E-state index in [0.717, 1.165) is 24.1 Å². The van der Waals surface area contributed by atoms with Crippen molar-refractivity contribution in [2.24, 2.45) is 5.73 Å². The molecule has 0 unspecified atom stereocenters. The second kappa shape index (κ2) is 5.72. The van der Waals surface area contributed by atoms with Crippen LogP contribution in [0.1, 0.15) is 52.4 Å². The van der Waals surface area contributed by atoms with Gasteiger partial charge < -0.3 is 16.6 Å². The van der Waals surface area contributed by atoms with E-state index in [4.69, 9.17) is 11.5 Å². The first-order valence-electron chi connectivity index (χ1n) is 8.66. The SMILES string of the molecule is Cc1ccc(O)c(C)c1-n1c(N)c(C(N)=O)c2nc(C3CCC3)cnc21. The summed E-state index contributed by atoms with van der Waals surface area (Å²) in [4.78, 5) is 21.3. The van der Waals surface area contributed by atoms with E-state index < -0.39 is 5.91 Å². The summed E-state index contributed by atoms with van der Waals surface area (Å²) in [5.41, 5.74) is 16.1. The Hall–Kier alpha value is -3.09. The maximum Gasteiger partial charge on any atom is 0.254 e. The van der Waals surface area contributed by atoms with Gasteiger partial charge in [0.05, 0.1) is 17.6 Å². The van der Waals surface area contributed by atoms with Crippen molar-refractivity contribution in [2.75, 3.05) is 5.73 Å². The second-order valence-electron chi connectivity index (χ2n) is 6.93. The van der Waals surface area contributed by atoms with Crippen LogP contribution in [0, 0.1) is 13.8 Å². The van der Waals surface area contributed by atoms with E-state index in [2.05, 4.69) is 9.97 Å². The molecule has 0 spiro atoms. The van der Waals surface area contributed by atoms with Crippen molar-refractivity contribution >= 4 is 22.9 Å². The number of hydrogen-bond acceptors (Lipinski definition) is 5. The lowest BCUT2D eigenvalue weighted by Crippen LogP contribution is -2.15. The number of aryl methyl sites for hydroxylation is 1. The van der Waals surface area contributed by atoms with Crippen molar-refractivity contribution in [3.8, 4) is 11.4 Å². The average molecular weight is 351 g/mol. The van der Waals surface area contributed by atoms with Gasteiger partial charge in [0.1, 0.15) is 22.6 Å². The zero-order valence-electron chi connectivity index (χ0n) is 14.8. The Morgan fingerprint density at radius 2 is 2.04 bits per heavy atom. The van der Waals surface area contributed by atoms with Crippen LogP contribution in [0.25, 0.3) is 16.9 Å². The van der Waals surface area contributed by atoms with Crippen molar-refractivity contribution in [2.45, 2.75) is 39.0 Å². The minimum atomic E-state index is -0.637. The highest BCUT2D eigenvalue weighted by Gasteiger charge is 2.27. The molecule has 7 nitrogen and oxygen atoms in total. The van der Waals surface area contributed by atoms with Crippen molar-refractivity contribution < 1.29 is 9.90 Å². The monoisotopic (exact) mass is 351 g/mol. The lowest BCUT2D eigenvalue weighted by atomic mass is 9.83. The van der Waals surface area contributed by atoms with E-state index in [1.807, 2.05) is 6.92 Å². The minimum absolute atomic E-state index is 0.145. The van der Waals surface area contributed by atoms with Crippen LogP contribution in [-0.2, 0) is 0 Å². The molecular formula is C19H21N5O2. The number of benzene rings is 1. The number of anilines is 1. The topological polar surface area (TPSA) is 120 Å². The predicted molar refractivity (Wildman–Crippen MR) is 99.5 cm³/mol. The van der Waals surface area contributed by atoms with E-state index in [1.165, 1.54) is 6.42 Å². The third-order valence-corrected chi connectivity index (χ3v) is 5.32. The fraction of sp³-hybridized carbons (Fsp3) is 0.316. The number of carbonyl (C=O) groups excluding carboxylic acids is 1. The molecule has 1 saturated carbocycles. The zero-order chi connectivity index (χ0) is 18.6. The summed E-state index contributed by atoms with van der Waals surface area (Å²) in [5, 5.41) is 10.1. The maximum atomic E-state index is 12.1. The van der Waals surface area contributed by atoms with Gasteiger partial charge in [-0.15, -0.1) is 0 Å². The molecule has 0 radical (unpaired) electrons. The van der Waals surface area contributed by atoms with Gasteiger partial charge in [-0.05, 0) is 38.3 Å². The summed E-state index contributed by atoms with van der Waals surface area (Å²) in [7, 11) is 0. The number of primary amides is 1. The first-order valence-corrected chi connectivity index (χ1v) is 8.66. The number of hydrogen-bond donors (Lipinski definition) is 3. The molecule has 1 aromatic carbocycles. The number of fused-ring (bicyclic) bond motifs is 1. The van der Waals surface area contributed by atoms with E-state index in [0.29, 0.717) is 28.3 Å². The quantitative estimate of drug-likeness (QED) is 0.670. The van der Waals surface area contributed by atoms with Crippen molar-refractivity contribution in [3.05, 3.63) is 40.7 Å². The number of nitrogens with zero attached hydrogens (tertiary/aromatic N) is 3. The lowest BCUT2D eigenvalue weighted by molar-refractivity contribution is 0.100. The molecule has 5 N–H and O–H groups in total. The van der Waals surface area contributed by atoms with Gasteiger partial charge >= 0.3 is 0 Å². The van der Waals surface area contributed by atoms with Crippen LogP contribution in [-0.4, -0.2) is 25.5 Å². The Morgan fingerprint density at radius 1 is 1.31 bits per heavy atom. The summed E-state index contributed by atoms with van der Waals surface area (Å²) in [6.07, 6.45) is 5.08. The second-order valence-corrected chi connectivity index (χ2v) is 6.93. The molecule has 2 heterocycles. The van der Waals surface area contributed by atoms with Crippen molar-refractivity contribution in [1.82, 2.24) is 14.5 Å². The number of phenolic OH excluding ortho intramolecular Hbond substituents is 1. The van der Waals surface area contributed by atoms with Gasteiger partial charge in [0, 0.05) is 11.5 Å². The number of rotatable bonds is 3. The number of phenols is 1. The summed E-state index contributed by atoms with van der Waals surface area (Å²) < 4.78 is 1.66. The molecule has 7 heteroatoms. The van der Waals surface area contributed by atoms with Gasteiger partial charge in [0.2, 0.25) is 0 Å². The average Bonchev–Trinajstić information content (AvgIpc) is 2.82. The number of carbonyl (C=O) groups is 1. The predicted octanol–water partition coefficient (Wildman–Crippen LogP) is 2.69. The highest BCUT2D eigenvalue weighted by Crippen LogP contribution is 2.38. The molecule has 1 aliphatic carbocycles. The van der Waals surface area contributed by atoms with Crippen LogP contribution in [0.2, 0.25) is 0 Å². The van der Waals surface area contributed by atoms with Crippen LogP contribution >= 0.6 is 0 Å². The van der Waals surface area contributed by atoms with E-state index in [-0.39, 0.29) is 17.1 Å². The van der Waals surface area contributed by atoms with E-state index in [1.54, 1.807) is 29.8 Å². The summed E-state index contributed by atoms with van der Waals surface area (Å²) >= 11 is 0. The fourth-order valence-corrected chi connectivity index (χ4v) is 3.61. The molecule has 3 aromatic rings.